The van der Waals surface area contributed by atoms with Gasteiger partial charge in [-0.15, -0.1) is 0 Å². The number of hydrogen-bond donors (Lipinski definition) is 0. The molecule has 4 heterocycles. The first-order valence-corrected chi connectivity index (χ1v) is 10.8. The van der Waals surface area contributed by atoms with Gasteiger partial charge in [0.2, 0.25) is 5.91 Å². The SMILES string of the molecule is Cc1cnc(C(=O)N2CCC(N3CCC[C@H](C(=O)N4CCOCC4)C3)CC2)cn1. The summed E-state index contributed by atoms with van der Waals surface area (Å²) >= 11 is 0. The molecule has 1 aromatic rings. The van der Waals surface area contributed by atoms with E-state index in [0.29, 0.717) is 30.9 Å². The Morgan fingerprint density at radius 2 is 1.72 bits per heavy atom. The highest BCUT2D eigenvalue weighted by Crippen LogP contribution is 2.25. The van der Waals surface area contributed by atoms with Crippen LogP contribution in [0.1, 0.15) is 41.9 Å². The van der Waals surface area contributed by atoms with Gasteiger partial charge in [0.15, 0.2) is 0 Å². The molecule has 3 saturated heterocycles. The lowest BCUT2D eigenvalue weighted by Crippen LogP contribution is -2.53. The van der Waals surface area contributed by atoms with Gasteiger partial charge in [-0.05, 0) is 39.2 Å². The lowest BCUT2D eigenvalue weighted by Gasteiger charge is -2.43. The zero-order valence-corrected chi connectivity index (χ0v) is 17.3. The number of aryl methyl sites for hydroxylation is 1. The van der Waals surface area contributed by atoms with Crippen molar-refractivity contribution in [2.75, 3.05) is 52.5 Å². The quantitative estimate of drug-likeness (QED) is 0.751. The number of piperidine rings is 2. The molecule has 3 fully saturated rings. The van der Waals surface area contributed by atoms with Crippen LogP contribution in [0.5, 0.6) is 0 Å². The topological polar surface area (TPSA) is 78.9 Å². The second-order valence-corrected chi connectivity index (χ2v) is 8.34. The van der Waals surface area contributed by atoms with Crippen LogP contribution in [-0.4, -0.2) is 95.0 Å². The zero-order valence-electron chi connectivity index (χ0n) is 17.3. The summed E-state index contributed by atoms with van der Waals surface area (Å²) in [5.74, 6) is 0.364. The minimum absolute atomic E-state index is 0.0324. The van der Waals surface area contributed by atoms with Crippen LogP contribution in [-0.2, 0) is 9.53 Å². The molecule has 0 unspecified atom stereocenters. The van der Waals surface area contributed by atoms with Gasteiger partial charge >= 0.3 is 0 Å². The third-order valence-corrected chi connectivity index (χ3v) is 6.39. The molecule has 3 aliphatic rings. The average Bonchev–Trinajstić information content (AvgIpc) is 2.79. The molecule has 158 valence electrons. The van der Waals surface area contributed by atoms with E-state index in [0.717, 1.165) is 70.6 Å². The fourth-order valence-corrected chi connectivity index (χ4v) is 4.68. The van der Waals surface area contributed by atoms with Gasteiger partial charge < -0.3 is 14.5 Å². The van der Waals surface area contributed by atoms with Crippen molar-refractivity contribution in [1.29, 1.82) is 0 Å². The first-order valence-electron chi connectivity index (χ1n) is 10.8. The summed E-state index contributed by atoms with van der Waals surface area (Å²) in [5.41, 5.74) is 1.23. The minimum atomic E-state index is -0.0324. The lowest BCUT2D eigenvalue weighted by atomic mass is 9.92. The van der Waals surface area contributed by atoms with Crippen LogP contribution < -0.4 is 0 Å². The monoisotopic (exact) mass is 401 g/mol. The average molecular weight is 402 g/mol. The summed E-state index contributed by atoms with van der Waals surface area (Å²) in [5, 5.41) is 0. The van der Waals surface area contributed by atoms with E-state index in [9.17, 15) is 9.59 Å². The number of likely N-dealkylation sites (tertiary alicyclic amines) is 2. The predicted molar refractivity (Wildman–Crippen MR) is 107 cm³/mol. The summed E-state index contributed by atoms with van der Waals surface area (Å²) in [6.07, 6.45) is 7.15. The number of aromatic nitrogens is 2. The van der Waals surface area contributed by atoms with E-state index < -0.39 is 0 Å². The largest absolute Gasteiger partial charge is 0.378 e. The molecule has 0 aliphatic carbocycles. The Kier molecular flexibility index (Phi) is 6.40. The van der Waals surface area contributed by atoms with Crippen LogP contribution >= 0.6 is 0 Å². The van der Waals surface area contributed by atoms with E-state index in [1.165, 1.54) is 0 Å². The van der Waals surface area contributed by atoms with Crippen molar-refractivity contribution in [3.05, 3.63) is 23.8 Å². The lowest BCUT2D eigenvalue weighted by molar-refractivity contribution is -0.141. The Balaban J connectivity index is 1.29. The summed E-state index contributed by atoms with van der Waals surface area (Å²) in [6.45, 7) is 7.97. The molecule has 1 aromatic heterocycles. The second-order valence-electron chi connectivity index (χ2n) is 8.34. The Labute approximate surface area is 172 Å². The van der Waals surface area contributed by atoms with Gasteiger partial charge in [-0.2, -0.15) is 0 Å². The van der Waals surface area contributed by atoms with E-state index in [2.05, 4.69) is 14.9 Å². The van der Waals surface area contributed by atoms with E-state index >= 15 is 0 Å². The van der Waals surface area contributed by atoms with E-state index in [1.54, 1.807) is 12.4 Å². The molecule has 0 saturated carbocycles. The van der Waals surface area contributed by atoms with Crippen LogP contribution in [0, 0.1) is 12.8 Å². The molecule has 8 heteroatoms. The van der Waals surface area contributed by atoms with E-state index in [-0.39, 0.29) is 11.8 Å². The molecule has 0 spiro atoms. The maximum Gasteiger partial charge on any atom is 0.274 e. The third kappa shape index (κ3) is 4.75. The summed E-state index contributed by atoms with van der Waals surface area (Å²) < 4.78 is 5.38. The summed E-state index contributed by atoms with van der Waals surface area (Å²) in [7, 11) is 0. The standard InChI is InChI=1S/C21H31N5O3/c1-16-13-23-19(14-22-16)21(28)24-7-4-18(5-8-24)26-6-2-3-17(15-26)20(27)25-9-11-29-12-10-25/h13-14,17-18H,2-12,15H2,1H3/t17-/m0/s1. The highest BCUT2D eigenvalue weighted by molar-refractivity contribution is 5.92. The Morgan fingerprint density at radius 3 is 2.41 bits per heavy atom. The first-order chi connectivity index (χ1) is 14.1. The number of hydrogen-bond acceptors (Lipinski definition) is 6. The maximum atomic E-state index is 12.9. The summed E-state index contributed by atoms with van der Waals surface area (Å²) in [6, 6.07) is 0.448. The van der Waals surface area contributed by atoms with Crippen LogP contribution in [0.3, 0.4) is 0 Å². The molecule has 4 rings (SSSR count). The Hall–Kier alpha value is -2.06. The first kappa shape index (κ1) is 20.2. The van der Waals surface area contributed by atoms with Gasteiger partial charge in [-0.1, -0.05) is 0 Å². The van der Waals surface area contributed by atoms with Crippen molar-refractivity contribution in [3.63, 3.8) is 0 Å². The van der Waals surface area contributed by atoms with Crippen LogP contribution in [0.2, 0.25) is 0 Å². The summed E-state index contributed by atoms with van der Waals surface area (Å²) in [4.78, 5) is 40.3. The maximum absolute atomic E-state index is 12.9. The van der Waals surface area contributed by atoms with Gasteiger partial charge in [0.05, 0.1) is 31.0 Å². The molecule has 0 aromatic carbocycles. The second kappa shape index (κ2) is 9.17. The van der Waals surface area contributed by atoms with Crippen LogP contribution in [0.15, 0.2) is 12.4 Å². The molecule has 29 heavy (non-hydrogen) atoms. The van der Waals surface area contributed by atoms with E-state index in [1.807, 2.05) is 16.7 Å². The van der Waals surface area contributed by atoms with E-state index in [4.69, 9.17) is 4.74 Å². The molecule has 1 atom stereocenters. The van der Waals surface area contributed by atoms with Crippen molar-refractivity contribution >= 4 is 11.8 Å². The van der Waals surface area contributed by atoms with Crippen LogP contribution in [0.4, 0.5) is 0 Å². The van der Waals surface area contributed by atoms with Crippen molar-refractivity contribution in [2.45, 2.75) is 38.6 Å². The normalized spacial score (nSPS) is 24.5. The number of nitrogens with zero attached hydrogens (tertiary/aromatic N) is 5. The fourth-order valence-electron chi connectivity index (χ4n) is 4.68. The Bertz CT molecular complexity index is 712. The number of carbonyl (C=O) groups excluding carboxylic acids is 2. The predicted octanol–water partition coefficient (Wildman–Crippen LogP) is 0.960. The zero-order chi connectivity index (χ0) is 20.2. The number of amides is 2. The fraction of sp³-hybridized carbons (Fsp3) is 0.714. The van der Waals surface area contributed by atoms with Gasteiger partial charge in [-0.3, -0.25) is 19.5 Å². The molecule has 2 amide bonds. The van der Waals surface area contributed by atoms with Gasteiger partial charge in [0.25, 0.3) is 5.91 Å². The minimum Gasteiger partial charge on any atom is -0.378 e. The van der Waals surface area contributed by atoms with Gasteiger partial charge in [0, 0.05) is 45.0 Å². The number of morpholine rings is 1. The molecular formula is C21H31N5O3. The third-order valence-electron chi connectivity index (χ3n) is 6.39. The van der Waals surface area contributed by atoms with Crippen LogP contribution in [0.25, 0.3) is 0 Å². The number of carbonyl (C=O) groups is 2. The van der Waals surface area contributed by atoms with Crippen molar-refractivity contribution in [1.82, 2.24) is 24.7 Å². The molecule has 3 aliphatic heterocycles. The number of ether oxygens (including phenoxy) is 1. The smallest absolute Gasteiger partial charge is 0.274 e. The molecule has 0 radical (unpaired) electrons. The van der Waals surface area contributed by atoms with Crippen molar-refractivity contribution in [2.24, 2.45) is 5.92 Å². The number of rotatable bonds is 3. The van der Waals surface area contributed by atoms with Gasteiger partial charge in [0.1, 0.15) is 5.69 Å². The highest BCUT2D eigenvalue weighted by Gasteiger charge is 2.34. The van der Waals surface area contributed by atoms with Crippen molar-refractivity contribution in [3.8, 4) is 0 Å². The Morgan fingerprint density at radius 1 is 0.966 bits per heavy atom. The van der Waals surface area contributed by atoms with Gasteiger partial charge in [-0.25, -0.2) is 4.98 Å². The molecule has 0 N–H and O–H groups in total. The molecular weight excluding hydrogens is 370 g/mol. The molecule has 8 nitrogen and oxygen atoms in total. The highest BCUT2D eigenvalue weighted by atomic mass is 16.5. The van der Waals surface area contributed by atoms with Crippen molar-refractivity contribution < 1.29 is 14.3 Å². The molecule has 0 bridgehead atoms.